The molecule has 0 aromatic heterocycles. The van der Waals surface area contributed by atoms with Gasteiger partial charge in [0.25, 0.3) is 0 Å². The van der Waals surface area contributed by atoms with Crippen LogP contribution in [0.2, 0.25) is 5.04 Å². The van der Waals surface area contributed by atoms with Crippen molar-refractivity contribution in [3.05, 3.63) is 12.7 Å². The highest BCUT2D eigenvalue weighted by Crippen LogP contribution is 2.23. The van der Waals surface area contributed by atoms with E-state index in [9.17, 15) is 0 Å². The van der Waals surface area contributed by atoms with Crippen LogP contribution in [-0.4, -0.2) is 16.4 Å². The Kier molecular flexibility index (Phi) is 18.6. The lowest BCUT2D eigenvalue weighted by molar-refractivity contribution is 0.310. The van der Waals surface area contributed by atoms with Crippen LogP contribution >= 0.6 is 0 Å². The van der Waals surface area contributed by atoms with Crippen LogP contribution in [0.25, 0.3) is 0 Å². The molecule has 0 saturated carbocycles. The second-order valence-electron chi connectivity index (χ2n) is 8.18. The molecule has 1 nitrogen and oxygen atoms in total. The SMILES string of the molecule is C=CC(C)(C)[Si]OCCCCCCCCCCCCCCCCCC. The predicted octanol–water partition coefficient (Wildman–Crippen LogP) is 8.27. The number of rotatable bonds is 20. The van der Waals surface area contributed by atoms with Crippen molar-refractivity contribution in [2.75, 3.05) is 6.61 Å². The predicted molar refractivity (Wildman–Crippen MR) is 115 cm³/mol. The third-order valence-electron chi connectivity index (χ3n) is 4.95. The Bertz CT molecular complexity index is 275. The van der Waals surface area contributed by atoms with Gasteiger partial charge in [-0.1, -0.05) is 123 Å². The summed E-state index contributed by atoms with van der Waals surface area (Å²) in [6.45, 7) is 11.4. The zero-order chi connectivity index (χ0) is 18.6. The van der Waals surface area contributed by atoms with Crippen molar-refractivity contribution >= 4 is 9.76 Å². The van der Waals surface area contributed by atoms with E-state index < -0.39 is 0 Å². The van der Waals surface area contributed by atoms with Gasteiger partial charge in [-0.3, -0.25) is 0 Å². The van der Waals surface area contributed by atoms with E-state index in [1.807, 2.05) is 6.08 Å². The Hall–Kier alpha value is -0.0831. The first-order valence-electron chi connectivity index (χ1n) is 11.1. The monoisotopic (exact) mass is 366 g/mol. The average molecular weight is 367 g/mol. The van der Waals surface area contributed by atoms with Gasteiger partial charge in [0.15, 0.2) is 0 Å². The van der Waals surface area contributed by atoms with E-state index in [2.05, 4.69) is 27.4 Å². The molecule has 2 heteroatoms. The molecule has 0 aliphatic carbocycles. The Morgan fingerprint density at radius 3 is 1.40 bits per heavy atom. The van der Waals surface area contributed by atoms with E-state index >= 15 is 0 Å². The molecular formula is C23H46OSi. The van der Waals surface area contributed by atoms with Crippen LogP contribution in [-0.2, 0) is 4.43 Å². The van der Waals surface area contributed by atoms with Gasteiger partial charge in [0.1, 0.15) is 0 Å². The van der Waals surface area contributed by atoms with E-state index in [0.717, 1.165) is 6.61 Å². The maximum atomic E-state index is 5.76. The van der Waals surface area contributed by atoms with Gasteiger partial charge in [0, 0.05) is 11.6 Å². The summed E-state index contributed by atoms with van der Waals surface area (Å²) in [5, 5.41) is 0.148. The summed E-state index contributed by atoms with van der Waals surface area (Å²) in [4.78, 5) is 0. The third kappa shape index (κ3) is 20.1. The van der Waals surface area contributed by atoms with Crippen molar-refractivity contribution in [3.63, 3.8) is 0 Å². The quantitative estimate of drug-likeness (QED) is 0.120. The maximum absolute atomic E-state index is 5.76. The zero-order valence-corrected chi connectivity index (χ0v) is 18.7. The Labute approximate surface area is 162 Å². The minimum atomic E-state index is 0.148. The molecule has 148 valence electrons. The molecule has 0 fully saturated rings. The van der Waals surface area contributed by atoms with Crippen molar-refractivity contribution in [2.24, 2.45) is 0 Å². The van der Waals surface area contributed by atoms with Crippen LogP contribution in [0.4, 0.5) is 0 Å². The highest BCUT2D eigenvalue weighted by Gasteiger charge is 2.15. The van der Waals surface area contributed by atoms with Crippen LogP contribution in [0.1, 0.15) is 124 Å². The van der Waals surface area contributed by atoms with Crippen molar-refractivity contribution < 1.29 is 4.43 Å². The number of unbranched alkanes of at least 4 members (excludes halogenated alkanes) is 15. The fraction of sp³-hybridized carbons (Fsp3) is 0.913. The first kappa shape index (κ1) is 24.9. The summed E-state index contributed by atoms with van der Waals surface area (Å²) in [5.41, 5.74) is 0. The van der Waals surface area contributed by atoms with E-state index in [0.29, 0.717) is 9.76 Å². The smallest absolute Gasteiger partial charge is 0.240 e. The second-order valence-corrected chi connectivity index (χ2v) is 9.96. The summed E-state index contributed by atoms with van der Waals surface area (Å²) in [7, 11) is 0.552. The number of hydrogen-bond donors (Lipinski definition) is 0. The van der Waals surface area contributed by atoms with Gasteiger partial charge in [-0.15, -0.1) is 6.58 Å². The molecular weight excluding hydrogens is 320 g/mol. The van der Waals surface area contributed by atoms with Gasteiger partial charge in [-0.25, -0.2) is 0 Å². The summed E-state index contributed by atoms with van der Waals surface area (Å²) in [5.74, 6) is 0. The van der Waals surface area contributed by atoms with Crippen LogP contribution in [0.3, 0.4) is 0 Å². The first-order valence-corrected chi connectivity index (χ1v) is 12.1. The largest absolute Gasteiger partial charge is 0.417 e. The average Bonchev–Trinajstić information content (AvgIpc) is 2.60. The van der Waals surface area contributed by atoms with Crippen LogP contribution in [0, 0.1) is 0 Å². The highest BCUT2D eigenvalue weighted by atomic mass is 28.2. The van der Waals surface area contributed by atoms with Crippen molar-refractivity contribution in [1.82, 2.24) is 0 Å². The molecule has 0 N–H and O–H groups in total. The molecule has 0 aliphatic rings. The van der Waals surface area contributed by atoms with Gasteiger partial charge in [-0.05, 0) is 6.42 Å². The molecule has 0 rings (SSSR count). The van der Waals surface area contributed by atoms with Gasteiger partial charge >= 0.3 is 0 Å². The normalized spacial score (nSPS) is 11.8. The lowest BCUT2D eigenvalue weighted by Crippen LogP contribution is -2.14. The van der Waals surface area contributed by atoms with Crippen LogP contribution < -0.4 is 0 Å². The van der Waals surface area contributed by atoms with Crippen molar-refractivity contribution in [3.8, 4) is 0 Å². The number of allylic oxidation sites excluding steroid dienone is 1. The zero-order valence-electron chi connectivity index (χ0n) is 17.7. The molecule has 25 heavy (non-hydrogen) atoms. The van der Waals surface area contributed by atoms with Crippen LogP contribution in [0.15, 0.2) is 12.7 Å². The van der Waals surface area contributed by atoms with Gasteiger partial charge in [0.2, 0.25) is 9.76 Å². The van der Waals surface area contributed by atoms with Gasteiger partial charge < -0.3 is 4.43 Å². The molecule has 0 aliphatic heterocycles. The fourth-order valence-electron chi connectivity index (χ4n) is 3.00. The lowest BCUT2D eigenvalue weighted by Gasteiger charge is -2.17. The molecule has 0 amide bonds. The third-order valence-corrected chi connectivity index (χ3v) is 6.02. The summed E-state index contributed by atoms with van der Waals surface area (Å²) >= 11 is 0. The molecule has 0 atom stereocenters. The molecule has 2 radical (unpaired) electrons. The molecule has 0 heterocycles. The summed E-state index contributed by atoms with van der Waals surface area (Å²) in [6.07, 6.45) is 24.7. The molecule has 0 aromatic carbocycles. The van der Waals surface area contributed by atoms with Gasteiger partial charge in [0.05, 0.1) is 0 Å². The first-order chi connectivity index (χ1) is 12.1. The molecule has 0 spiro atoms. The summed E-state index contributed by atoms with van der Waals surface area (Å²) in [6, 6.07) is 0. The van der Waals surface area contributed by atoms with E-state index in [-0.39, 0.29) is 5.04 Å². The van der Waals surface area contributed by atoms with Crippen LogP contribution in [0.5, 0.6) is 0 Å². The van der Waals surface area contributed by atoms with Crippen molar-refractivity contribution in [2.45, 2.75) is 129 Å². The topological polar surface area (TPSA) is 9.23 Å². The second kappa shape index (κ2) is 18.7. The molecule has 0 aromatic rings. The van der Waals surface area contributed by atoms with E-state index in [4.69, 9.17) is 4.43 Å². The fourth-order valence-corrected chi connectivity index (χ4v) is 3.70. The Morgan fingerprint density at radius 2 is 1.04 bits per heavy atom. The summed E-state index contributed by atoms with van der Waals surface area (Å²) < 4.78 is 5.76. The van der Waals surface area contributed by atoms with Gasteiger partial charge in [-0.2, -0.15) is 0 Å². The lowest BCUT2D eigenvalue weighted by atomic mass is 10.0. The Morgan fingerprint density at radius 1 is 0.680 bits per heavy atom. The minimum absolute atomic E-state index is 0.148. The van der Waals surface area contributed by atoms with E-state index in [1.54, 1.807) is 0 Å². The number of hydrogen-bond acceptors (Lipinski definition) is 1. The Balaban J connectivity index is 3.06. The maximum Gasteiger partial charge on any atom is 0.240 e. The molecule has 0 saturated heterocycles. The highest BCUT2D eigenvalue weighted by molar-refractivity contribution is 6.32. The molecule has 0 unspecified atom stereocenters. The van der Waals surface area contributed by atoms with E-state index in [1.165, 1.54) is 103 Å². The molecule has 0 bridgehead atoms. The minimum Gasteiger partial charge on any atom is -0.417 e. The van der Waals surface area contributed by atoms with Crippen molar-refractivity contribution in [1.29, 1.82) is 0 Å². The standard InChI is InChI=1S/C23H46OSi/c1-5-7-8-9-10-11-12-13-14-15-16-17-18-19-20-21-22-24-25-23(3,4)6-2/h6H,2,5,7-22H2,1,3-4H3.